The van der Waals surface area contributed by atoms with E-state index in [-0.39, 0.29) is 35.4 Å². The highest BCUT2D eigenvalue weighted by atomic mass is 32.2. The third kappa shape index (κ3) is 6.78. The fourth-order valence-corrected chi connectivity index (χ4v) is 5.52. The lowest BCUT2D eigenvalue weighted by Gasteiger charge is -2.28. The fraction of sp³-hybridized carbons (Fsp3) is 0.276. The average molecular weight is 642 g/mol. The Hall–Kier alpha value is -3.29. The van der Waals surface area contributed by atoms with Crippen LogP contribution in [-0.4, -0.2) is 0 Å². The molecule has 2 radical (unpaired) electrons. The predicted octanol–water partition coefficient (Wildman–Crippen LogP) is 11.7. The van der Waals surface area contributed by atoms with Gasteiger partial charge < -0.3 is 4.90 Å². The summed E-state index contributed by atoms with van der Waals surface area (Å²) in [7, 11) is 0. The van der Waals surface area contributed by atoms with Gasteiger partial charge in [0.2, 0.25) is 0 Å². The van der Waals surface area contributed by atoms with Gasteiger partial charge in [-0.05, 0) is 60.4 Å². The highest BCUT2D eigenvalue weighted by molar-refractivity contribution is 8.05. The monoisotopic (exact) mass is 641 g/mol. The average Bonchev–Trinajstić information content (AvgIpc) is 3.33. The van der Waals surface area contributed by atoms with Crippen molar-refractivity contribution in [2.45, 2.75) is 51.4 Å². The zero-order chi connectivity index (χ0) is 32.1. The molecule has 1 aliphatic rings. The summed E-state index contributed by atoms with van der Waals surface area (Å²) in [4.78, 5) is 1.97. The number of alkyl halides is 12. The first kappa shape index (κ1) is 32.6. The van der Waals surface area contributed by atoms with Gasteiger partial charge in [0, 0.05) is 21.7 Å². The molecule has 4 rings (SSSR count). The van der Waals surface area contributed by atoms with Gasteiger partial charge in [-0.2, -0.15) is 52.7 Å². The van der Waals surface area contributed by atoms with Crippen molar-refractivity contribution >= 4 is 17.4 Å². The molecule has 0 N–H and O–H groups in total. The molecule has 0 spiro atoms. The molecule has 43 heavy (non-hydrogen) atoms. The van der Waals surface area contributed by atoms with Crippen LogP contribution in [0.1, 0.15) is 48.9 Å². The molecule has 1 nitrogen and oxygen atoms in total. The highest BCUT2D eigenvalue weighted by Gasteiger charge is 2.39. The summed E-state index contributed by atoms with van der Waals surface area (Å²) in [5.74, 6) is 2.86. The van der Waals surface area contributed by atoms with E-state index in [1.807, 2.05) is 0 Å². The molecule has 0 atom stereocenters. The number of benzene rings is 3. The first-order valence-corrected chi connectivity index (χ1v) is 13.2. The highest BCUT2D eigenvalue weighted by Crippen LogP contribution is 2.51. The summed E-state index contributed by atoms with van der Waals surface area (Å²) in [6, 6.07) is 5.07. The van der Waals surface area contributed by atoms with Gasteiger partial charge >= 0.3 is 24.7 Å². The number of nitrogens with zero attached hydrogens (tertiary/aromatic N) is 1. The molecule has 0 aliphatic carbocycles. The van der Waals surface area contributed by atoms with Crippen molar-refractivity contribution in [2.75, 3.05) is 4.90 Å². The van der Waals surface area contributed by atoms with Crippen molar-refractivity contribution in [3.05, 3.63) is 93.3 Å². The van der Waals surface area contributed by atoms with E-state index >= 15 is 0 Å². The van der Waals surface area contributed by atoms with E-state index < -0.39 is 58.1 Å². The lowest BCUT2D eigenvalue weighted by atomic mass is 9.91. The Kier molecular flexibility index (Phi) is 8.59. The van der Waals surface area contributed by atoms with Gasteiger partial charge in [0.1, 0.15) is 0 Å². The molecule has 0 bridgehead atoms. The van der Waals surface area contributed by atoms with Crippen LogP contribution in [0.25, 0.3) is 22.3 Å². The van der Waals surface area contributed by atoms with Crippen LogP contribution in [0.3, 0.4) is 0 Å². The van der Waals surface area contributed by atoms with Crippen molar-refractivity contribution < 1.29 is 52.7 Å². The Balaban J connectivity index is 2.13. The second-order valence-electron chi connectivity index (χ2n) is 9.40. The van der Waals surface area contributed by atoms with Gasteiger partial charge in [0.25, 0.3) is 0 Å². The molecule has 0 aromatic heterocycles. The lowest BCUT2D eigenvalue weighted by molar-refractivity contribution is -0.144. The molecule has 14 heteroatoms. The van der Waals surface area contributed by atoms with Gasteiger partial charge in [-0.25, -0.2) is 0 Å². The smallest absolute Gasteiger partial charge is 0.321 e. The van der Waals surface area contributed by atoms with E-state index in [1.54, 1.807) is 13.8 Å². The third-order valence-corrected chi connectivity index (χ3v) is 7.61. The summed E-state index contributed by atoms with van der Waals surface area (Å²) >= 11 is 1.05. The third-order valence-electron chi connectivity index (χ3n) is 6.56. The SMILES string of the molecule is CCC1=C(CC)N(c2c(-c3cc(C(F)(F)F)cc(C(F)(F)F)c3)cccc2-c2cc(C(F)(F)F)cc(C(F)(F)F)c2)[C]S1. The van der Waals surface area contributed by atoms with Gasteiger partial charge in [-0.3, -0.25) is 0 Å². The first-order chi connectivity index (χ1) is 19.8. The number of hydrogen-bond acceptors (Lipinski definition) is 2. The number of thioether (sulfide) groups is 1. The van der Waals surface area contributed by atoms with Gasteiger partial charge in [-0.1, -0.05) is 43.8 Å². The van der Waals surface area contributed by atoms with Crippen LogP contribution in [-0.2, 0) is 24.7 Å². The summed E-state index contributed by atoms with van der Waals surface area (Å²) in [6.45, 7) is 3.45. The van der Waals surface area contributed by atoms with Crippen LogP contribution in [0.15, 0.2) is 65.2 Å². The second-order valence-corrected chi connectivity index (χ2v) is 10.3. The van der Waals surface area contributed by atoms with Crippen LogP contribution in [0, 0.1) is 5.88 Å². The van der Waals surface area contributed by atoms with E-state index in [9.17, 15) is 52.7 Å². The Labute approximate surface area is 242 Å². The quantitative estimate of drug-likeness (QED) is 0.255. The summed E-state index contributed by atoms with van der Waals surface area (Å²) in [6.07, 6.45) is -20.1. The maximum Gasteiger partial charge on any atom is 0.416 e. The van der Waals surface area contributed by atoms with Crippen molar-refractivity contribution in [3.63, 3.8) is 0 Å². The molecule has 3 aromatic carbocycles. The standard InChI is InChI=1S/C29H19F12NS/c1-3-23-24(4-2)43-14-42(23)25-21(15-8-17(26(30,31)32)12-18(9-15)27(33,34)35)6-5-7-22(25)16-10-19(28(36,37)38)13-20(11-16)29(39,40)41/h5-13H,3-4H2,1-2H3. The number of halogens is 12. The van der Waals surface area contributed by atoms with Crippen LogP contribution < -0.4 is 4.90 Å². The minimum atomic E-state index is -5.21. The van der Waals surface area contributed by atoms with Crippen molar-refractivity contribution in [3.8, 4) is 22.3 Å². The predicted molar refractivity (Wildman–Crippen MR) is 138 cm³/mol. The first-order valence-electron chi connectivity index (χ1n) is 12.4. The minimum Gasteiger partial charge on any atom is -0.321 e. The van der Waals surface area contributed by atoms with E-state index in [1.165, 1.54) is 4.90 Å². The van der Waals surface area contributed by atoms with Crippen LogP contribution in [0.5, 0.6) is 0 Å². The topological polar surface area (TPSA) is 3.24 Å². The van der Waals surface area contributed by atoms with E-state index in [0.717, 1.165) is 30.0 Å². The zero-order valence-electron chi connectivity index (χ0n) is 22.0. The maximum atomic E-state index is 13.7. The van der Waals surface area contributed by atoms with Crippen LogP contribution in [0.2, 0.25) is 0 Å². The molecule has 0 unspecified atom stereocenters. The summed E-state index contributed by atoms with van der Waals surface area (Å²) in [5.41, 5.74) is -8.11. The Morgan fingerprint density at radius 2 is 0.953 bits per heavy atom. The van der Waals surface area contributed by atoms with E-state index in [0.29, 0.717) is 41.3 Å². The van der Waals surface area contributed by atoms with Crippen molar-refractivity contribution in [1.29, 1.82) is 0 Å². The van der Waals surface area contributed by atoms with E-state index in [2.05, 4.69) is 5.88 Å². The zero-order valence-corrected chi connectivity index (χ0v) is 22.8. The second kappa shape index (κ2) is 11.3. The number of rotatable bonds is 5. The normalized spacial score (nSPS) is 15.1. The van der Waals surface area contributed by atoms with Gasteiger partial charge in [0.15, 0.2) is 5.88 Å². The molecule has 0 saturated carbocycles. The van der Waals surface area contributed by atoms with Crippen LogP contribution in [0.4, 0.5) is 58.4 Å². The molecule has 0 saturated heterocycles. The minimum absolute atomic E-state index is 0.0774. The number of hydrogen-bond donors (Lipinski definition) is 0. The lowest BCUT2D eigenvalue weighted by Crippen LogP contribution is -2.17. The molecular weight excluding hydrogens is 622 g/mol. The Morgan fingerprint density at radius 1 is 0.581 bits per heavy atom. The number of para-hydroxylation sites is 1. The Bertz CT molecular complexity index is 1390. The molecule has 230 valence electrons. The maximum absolute atomic E-state index is 13.7. The van der Waals surface area contributed by atoms with E-state index in [4.69, 9.17) is 0 Å². The number of anilines is 1. The molecule has 3 aromatic rings. The number of allylic oxidation sites excluding steroid dienone is 2. The van der Waals surface area contributed by atoms with Crippen molar-refractivity contribution in [1.82, 2.24) is 0 Å². The summed E-state index contributed by atoms with van der Waals surface area (Å²) < 4.78 is 165. The van der Waals surface area contributed by atoms with Gasteiger partial charge in [0.05, 0.1) is 27.9 Å². The van der Waals surface area contributed by atoms with Crippen molar-refractivity contribution in [2.24, 2.45) is 0 Å². The molecule has 1 aliphatic heterocycles. The molecular formula is C29H19F12NS. The largest absolute Gasteiger partial charge is 0.416 e. The Morgan fingerprint density at radius 3 is 1.26 bits per heavy atom. The van der Waals surface area contributed by atoms with Gasteiger partial charge in [-0.15, -0.1) is 0 Å². The van der Waals surface area contributed by atoms with Crippen LogP contribution >= 0.6 is 11.8 Å². The fourth-order valence-electron chi connectivity index (χ4n) is 4.62. The summed E-state index contributed by atoms with van der Waals surface area (Å²) in [5, 5.41) is 0. The molecule has 1 heterocycles. The molecule has 0 amide bonds. The molecule has 0 fully saturated rings.